The fraction of sp³-hybridized carbons (Fsp3) is 0.364. The van der Waals surface area contributed by atoms with Gasteiger partial charge in [0.1, 0.15) is 0 Å². The number of anilines is 1. The van der Waals surface area contributed by atoms with Crippen LogP contribution in [0.25, 0.3) is 0 Å². The number of rotatable bonds is 11. The molecule has 0 aromatic heterocycles. The number of nitrogens with zero attached hydrogens (tertiary/aromatic N) is 3. The molecule has 0 aliphatic heterocycles. The summed E-state index contributed by atoms with van der Waals surface area (Å²) in [6.07, 6.45) is 0. The Morgan fingerprint density at radius 1 is 0.970 bits per heavy atom. The smallest absolute Gasteiger partial charge is 0.276 e. The van der Waals surface area contributed by atoms with Crippen LogP contribution >= 0.6 is 23.4 Å². The number of azo groups is 1. The Bertz CT molecular complexity index is 1010. The van der Waals surface area contributed by atoms with E-state index in [1.807, 2.05) is 13.8 Å². The fourth-order valence-electron chi connectivity index (χ4n) is 2.78. The van der Waals surface area contributed by atoms with Crippen LogP contribution in [0.5, 0.6) is 23.0 Å². The summed E-state index contributed by atoms with van der Waals surface area (Å²) in [4.78, 5) is 25.2. The van der Waals surface area contributed by atoms with Gasteiger partial charge in [0.25, 0.3) is 5.91 Å². The van der Waals surface area contributed by atoms with Gasteiger partial charge in [0.15, 0.2) is 34.5 Å². The highest BCUT2D eigenvalue weighted by Gasteiger charge is 2.30. The van der Waals surface area contributed by atoms with Crippen LogP contribution in [0.15, 0.2) is 40.6 Å². The van der Waals surface area contributed by atoms with E-state index in [9.17, 15) is 9.59 Å². The Morgan fingerprint density at radius 3 is 2.06 bits per heavy atom. The zero-order valence-electron chi connectivity index (χ0n) is 18.9. The van der Waals surface area contributed by atoms with E-state index in [-0.39, 0.29) is 22.9 Å². The number of Topliss-reactive ketones (excluding diaryl/α,β-unsaturated/α-hetero) is 1. The van der Waals surface area contributed by atoms with Gasteiger partial charge in [-0.15, -0.1) is 5.11 Å². The van der Waals surface area contributed by atoms with E-state index in [1.165, 1.54) is 33.3 Å². The Hall–Kier alpha value is -3.04. The molecule has 0 bridgehead atoms. The molecule has 178 valence electrons. The van der Waals surface area contributed by atoms with Crippen LogP contribution in [0, 0.1) is 0 Å². The molecule has 2 aromatic carbocycles. The first kappa shape index (κ1) is 26.2. The number of ether oxygens (including phenoxy) is 4. The molecule has 1 amide bonds. The molecule has 2 aromatic rings. The minimum absolute atomic E-state index is 0.171. The number of amides is 1. The SMILES string of the molecule is CCOc1ccc(N(Cl)C(=O)C(N=Nc2c(OC)cc(Cl)cc2OC)C(C)=O)cc1OCC. The van der Waals surface area contributed by atoms with Crippen molar-refractivity contribution in [2.45, 2.75) is 26.8 Å². The number of halogens is 2. The third kappa shape index (κ3) is 6.49. The average molecular weight is 498 g/mol. The first-order chi connectivity index (χ1) is 15.8. The molecule has 0 radical (unpaired) electrons. The number of benzene rings is 2. The maximum absolute atomic E-state index is 13.0. The number of ketones is 1. The van der Waals surface area contributed by atoms with Crippen LogP contribution in [-0.2, 0) is 9.59 Å². The molecule has 0 aliphatic rings. The molecule has 11 heteroatoms. The summed E-state index contributed by atoms with van der Waals surface area (Å²) >= 11 is 12.3. The van der Waals surface area contributed by atoms with Crippen molar-refractivity contribution in [2.75, 3.05) is 31.9 Å². The van der Waals surface area contributed by atoms with Gasteiger partial charge in [-0.25, -0.2) is 4.42 Å². The second kappa shape index (κ2) is 12.3. The lowest BCUT2D eigenvalue weighted by Gasteiger charge is -2.19. The summed E-state index contributed by atoms with van der Waals surface area (Å²) in [5, 5.41) is 8.33. The maximum atomic E-state index is 13.0. The molecule has 33 heavy (non-hydrogen) atoms. The molecule has 1 unspecified atom stereocenters. The molecule has 0 heterocycles. The third-order valence-electron chi connectivity index (χ3n) is 4.28. The summed E-state index contributed by atoms with van der Waals surface area (Å²) in [5.41, 5.74) is 0.445. The van der Waals surface area contributed by atoms with E-state index in [2.05, 4.69) is 10.2 Å². The van der Waals surface area contributed by atoms with Gasteiger partial charge in [0.2, 0.25) is 6.04 Å². The second-order valence-electron chi connectivity index (χ2n) is 6.50. The van der Waals surface area contributed by atoms with Crippen molar-refractivity contribution in [3.8, 4) is 23.0 Å². The number of carbonyl (C=O) groups excluding carboxylic acids is 2. The summed E-state index contributed by atoms with van der Waals surface area (Å²) in [6.45, 7) is 5.69. The van der Waals surface area contributed by atoms with Gasteiger partial charge < -0.3 is 18.9 Å². The molecular formula is C22H25Cl2N3O6. The maximum Gasteiger partial charge on any atom is 0.276 e. The zero-order chi connectivity index (χ0) is 24.5. The summed E-state index contributed by atoms with van der Waals surface area (Å²) in [6, 6.07) is 6.24. The number of methoxy groups -OCH3 is 2. The Labute approximate surface area is 202 Å². The Kier molecular flexibility index (Phi) is 9.74. The van der Waals surface area contributed by atoms with Crippen molar-refractivity contribution in [1.82, 2.24) is 0 Å². The monoisotopic (exact) mass is 497 g/mol. The van der Waals surface area contributed by atoms with Crippen molar-refractivity contribution < 1.29 is 28.5 Å². The molecule has 0 aliphatic carbocycles. The van der Waals surface area contributed by atoms with Crippen LogP contribution in [-0.4, -0.2) is 45.2 Å². The summed E-state index contributed by atoms with van der Waals surface area (Å²) in [5.74, 6) is 0.0721. The Morgan fingerprint density at radius 2 is 1.55 bits per heavy atom. The molecule has 0 spiro atoms. The normalized spacial score (nSPS) is 11.7. The van der Waals surface area contributed by atoms with E-state index < -0.39 is 17.7 Å². The van der Waals surface area contributed by atoms with Crippen molar-refractivity contribution >= 4 is 46.4 Å². The summed E-state index contributed by atoms with van der Waals surface area (Å²) in [7, 11) is 2.83. The standard InChI is InChI=1S/C22H25Cl2N3O6/c1-6-32-16-9-8-15(12-17(16)33-7-2)27(24)22(29)20(13(3)28)25-26-21-18(30-4)10-14(23)11-19(21)31-5/h8-12,20H,6-7H2,1-5H3. The van der Waals surface area contributed by atoms with E-state index in [1.54, 1.807) is 18.2 Å². The molecular weight excluding hydrogens is 473 g/mol. The van der Waals surface area contributed by atoms with Crippen molar-refractivity contribution in [3.05, 3.63) is 35.4 Å². The van der Waals surface area contributed by atoms with E-state index in [4.69, 9.17) is 42.3 Å². The predicted molar refractivity (Wildman–Crippen MR) is 126 cm³/mol. The molecule has 9 nitrogen and oxygen atoms in total. The van der Waals surface area contributed by atoms with E-state index >= 15 is 0 Å². The highest BCUT2D eigenvalue weighted by molar-refractivity contribution is 6.39. The number of carbonyl (C=O) groups is 2. The number of hydrogen-bond donors (Lipinski definition) is 0. The molecule has 0 saturated heterocycles. The lowest BCUT2D eigenvalue weighted by atomic mass is 10.2. The fourth-order valence-corrected chi connectivity index (χ4v) is 3.17. The Balaban J connectivity index is 2.38. The van der Waals surface area contributed by atoms with Crippen LogP contribution in [0.2, 0.25) is 5.02 Å². The van der Waals surface area contributed by atoms with Crippen LogP contribution in [0.4, 0.5) is 11.4 Å². The largest absolute Gasteiger partial charge is 0.494 e. The predicted octanol–water partition coefficient (Wildman–Crippen LogP) is 5.38. The van der Waals surface area contributed by atoms with E-state index in [0.717, 1.165) is 4.42 Å². The molecule has 0 saturated carbocycles. The topological polar surface area (TPSA) is 99.0 Å². The van der Waals surface area contributed by atoms with Gasteiger partial charge in [-0.3, -0.25) is 9.59 Å². The first-order valence-electron chi connectivity index (χ1n) is 9.99. The average Bonchev–Trinajstić information content (AvgIpc) is 2.79. The van der Waals surface area contributed by atoms with Crippen LogP contribution in [0.1, 0.15) is 20.8 Å². The zero-order valence-corrected chi connectivity index (χ0v) is 20.4. The van der Waals surface area contributed by atoms with Gasteiger partial charge in [-0.2, -0.15) is 5.11 Å². The van der Waals surface area contributed by atoms with Crippen molar-refractivity contribution in [3.63, 3.8) is 0 Å². The number of hydrogen-bond acceptors (Lipinski definition) is 8. The van der Waals surface area contributed by atoms with Gasteiger partial charge >= 0.3 is 0 Å². The van der Waals surface area contributed by atoms with Gasteiger partial charge in [-0.1, -0.05) is 11.6 Å². The lowest BCUT2D eigenvalue weighted by molar-refractivity contribution is -0.126. The molecule has 1 atom stereocenters. The highest BCUT2D eigenvalue weighted by atomic mass is 35.5. The first-order valence-corrected chi connectivity index (χ1v) is 10.7. The summed E-state index contributed by atoms with van der Waals surface area (Å²) < 4.78 is 22.4. The van der Waals surface area contributed by atoms with Crippen LogP contribution in [0.3, 0.4) is 0 Å². The molecule has 0 N–H and O–H groups in total. The minimum Gasteiger partial charge on any atom is -0.494 e. The minimum atomic E-state index is -1.50. The van der Waals surface area contributed by atoms with E-state index in [0.29, 0.717) is 29.7 Å². The van der Waals surface area contributed by atoms with Crippen molar-refractivity contribution in [2.24, 2.45) is 10.2 Å². The van der Waals surface area contributed by atoms with Gasteiger partial charge in [0.05, 0.1) is 33.1 Å². The molecule has 0 fully saturated rings. The second-order valence-corrected chi connectivity index (χ2v) is 7.28. The van der Waals surface area contributed by atoms with Crippen LogP contribution < -0.4 is 23.4 Å². The quantitative estimate of drug-likeness (QED) is 0.234. The lowest BCUT2D eigenvalue weighted by Crippen LogP contribution is -2.36. The highest BCUT2D eigenvalue weighted by Crippen LogP contribution is 2.40. The molecule has 2 rings (SSSR count). The van der Waals surface area contributed by atoms with Gasteiger partial charge in [0, 0.05) is 35.0 Å². The van der Waals surface area contributed by atoms with Gasteiger partial charge in [-0.05, 0) is 32.9 Å². The third-order valence-corrected chi connectivity index (χ3v) is 4.86. The van der Waals surface area contributed by atoms with Crippen molar-refractivity contribution in [1.29, 1.82) is 0 Å².